The summed E-state index contributed by atoms with van der Waals surface area (Å²) in [6, 6.07) is 5.00. The maximum atomic E-state index is 11.9. The van der Waals surface area contributed by atoms with Crippen molar-refractivity contribution in [1.82, 2.24) is 5.32 Å². The Morgan fingerprint density at radius 1 is 1.39 bits per heavy atom. The Balaban J connectivity index is 2.70. The van der Waals surface area contributed by atoms with Gasteiger partial charge in [-0.1, -0.05) is 32.9 Å². The molecule has 3 N–H and O–H groups in total. The highest BCUT2D eigenvalue weighted by molar-refractivity contribution is 5.97. The number of benzene rings is 1. The number of phenolic OH excluding ortho intramolecular Hbond substituents is 1. The molecule has 0 aromatic heterocycles. The number of rotatable bonds is 3. The fourth-order valence-corrected chi connectivity index (χ4v) is 1.43. The molecule has 0 saturated heterocycles. The molecule has 18 heavy (non-hydrogen) atoms. The van der Waals surface area contributed by atoms with Crippen LogP contribution in [0.4, 0.5) is 0 Å². The van der Waals surface area contributed by atoms with E-state index in [1.54, 1.807) is 25.1 Å². The van der Waals surface area contributed by atoms with Gasteiger partial charge in [0.05, 0.1) is 11.7 Å². The highest BCUT2D eigenvalue weighted by Gasteiger charge is 2.23. The van der Waals surface area contributed by atoms with Gasteiger partial charge in [0, 0.05) is 6.54 Å². The second kappa shape index (κ2) is 5.40. The van der Waals surface area contributed by atoms with Crippen LogP contribution in [-0.2, 0) is 0 Å². The fourth-order valence-electron chi connectivity index (χ4n) is 1.43. The summed E-state index contributed by atoms with van der Waals surface area (Å²) in [5.41, 5.74) is 0.595. The van der Waals surface area contributed by atoms with Crippen molar-refractivity contribution in [2.24, 2.45) is 5.41 Å². The molecule has 0 aliphatic rings. The van der Waals surface area contributed by atoms with E-state index in [0.29, 0.717) is 5.56 Å². The predicted octanol–water partition coefficient (Wildman–Crippen LogP) is 1.84. The first-order valence-corrected chi connectivity index (χ1v) is 5.98. The van der Waals surface area contributed by atoms with Crippen LogP contribution in [0.2, 0.25) is 0 Å². The Morgan fingerprint density at radius 2 is 2.00 bits per heavy atom. The van der Waals surface area contributed by atoms with Gasteiger partial charge in [-0.2, -0.15) is 0 Å². The van der Waals surface area contributed by atoms with E-state index in [0.717, 1.165) is 0 Å². The molecule has 0 bridgehead atoms. The molecule has 100 valence electrons. The summed E-state index contributed by atoms with van der Waals surface area (Å²) in [5.74, 6) is -0.389. The Morgan fingerprint density at radius 3 is 2.56 bits per heavy atom. The minimum atomic E-state index is -0.631. The second-order valence-electron chi connectivity index (χ2n) is 5.56. The van der Waals surface area contributed by atoms with E-state index in [4.69, 9.17) is 0 Å². The summed E-state index contributed by atoms with van der Waals surface area (Å²) in [7, 11) is 0. The molecule has 0 heterocycles. The normalized spacial score (nSPS) is 13.2. The van der Waals surface area contributed by atoms with Crippen molar-refractivity contribution in [3.8, 4) is 5.75 Å². The van der Waals surface area contributed by atoms with Crippen molar-refractivity contribution >= 4 is 5.91 Å². The van der Waals surface area contributed by atoms with E-state index < -0.39 is 6.10 Å². The molecule has 0 saturated carbocycles. The molecule has 0 spiro atoms. The molecule has 4 nitrogen and oxygen atoms in total. The molecule has 1 unspecified atom stereocenters. The largest absolute Gasteiger partial charge is 0.507 e. The number of amides is 1. The fraction of sp³-hybridized carbons (Fsp3) is 0.500. The molecular weight excluding hydrogens is 230 g/mol. The average Bonchev–Trinajstić information content (AvgIpc) is 2.27. The van der Waals surface area contributed by atoms with Gasteiger partial charge in [-0.15, -0.1) is 0 Å². The van der Waals surface area contributed by atoms with Crippen LogP contribution in [0.25, 0.3) is 0 Å². The standard InChI is InChI=1S/C14H21NO3/c1-9-6-5-7-10(12(9)17)13(18)15-8-11(16)14(2,3)4/h5-7,11,16-17H,8H2,1-4H3,(H,15,18). The molecule has 1 rings (SSSR count). The van der Waals surface area contributed by atoms with E-state index in [1.165, 1.54) is 0 Å². The number of hydrogen-bond acceptors (Lipinski definition) is 3. The number of aromatic hydroxyl groups is 1. The average molecular weight is 251 g/mol. The van der Waals surface area contributed by atoms with Crippen molar-refractivity contribution < 1.29 is 15.0 Å². The van der Waals surface area contributed by atoms with E-state index in [1.807, 2.05) is 20.8 Å². The molecular formula is C14H21NO3. The summed E-state index contributed by atoms with van der Waals surface area (Å²) in [6.07, 6.45) is -0.631. The lowest BCUT2D eigenvalue weighted by molar-refractivity contribution is 0.0586. The minimum absolute atomic E-state index is 0.0137. The first kappa shape index (κ1) is 14.5. The third kappa shape index (κ3) is 3.47. The lowest BCUT2D eigenvalue weighted by atomic mass is 9.89. The van der Waals surface area contributed by atoms with Crippen LogP contribution in [0.3, 0.4) is 0 Å². The molecule has 0 aliphatic carbocycles. The van der Waals surface area contributed by atoms with Gasteiger partial charge in [-0.3, -0.25) is 4.79 Å². The second-order valence-corrected chi connectivity index (χ2v) is 5.56. The lowest BCUT2D eigenvalue weighted by Crippen LogP contribution is -2.39. The van der Waals surface area contributed by atoms with E-state index in [9.17, 15) is 15.0 Å². The van der Waals surface area contributed by atoms with Gasteiger partial charge in [0.1, 0.15) is 5.75 Å². The Hall–Kier alpha value is -1.55. The van der Waals surface area contributed by atoms with Crippen molar-refractivity contribution in [3.05, 3.63) is 29.3 Å². The summed E-state index contributed by atoms with van der Waals surface area (Å²) in [4.78, 5) is 11.9. The van der Waals surface area contributed by atoms with Gasteiger partial charge in [-0.05, 0) is 24.0 Å². The molecule has 1 aromatic carbocycles. The number of phenols is 1. The van der Waals surface area contributed by atoms with Crippen LogP contribution in [-0.4, -0.2) is 28.8 Å². The lowest BCUT2D eigenvalue weighted by Gasteiger charge is -2.25. The molecule has 0 fully saturated rings. The van der Waals surface area contributed by atoms with E-state index in [2.05, 4.69) is 5.32 Å². The highest BCUT2D eigenvalue weighted by Crippen LogP contribution is 2.22. The van der Waals surface area contributed by atoms with E-state index >= 15 is 0 Å². The summed E-state index contributed by atoms with van der Waals surface area (Å²) in [6.45, 7) is 7.59. The third-order valence-electron chi connectivity index (χ3n) is 2.94. The number of aliphatic hydroxyl groups is 1. The van der Waals surface area contributed by atoms with Gasteiger partial charge < -0.3 is 15.5 Å². The number of aryl methyl sites for hydroxylation is 1. The number of carbonyl (C=O) groups excluding carboxylic acids is 1. The molecule has 1 amide bonds. The highest BCUT2D eigenvalue weighted by atomic mass is 16.3. The number of hydrogen-bond donors (Lipinski definition) is 3. The molecule has 0 aliphatic heterocycles. The molecule has 0 radical (unpaired) electrons. The number of carbonyl (C=O) groups is 1. The zero-order valence-electron chi connectivity index (χ0n) is 11.3. The first-order valence-electron chi connectivity index (χ1n) is 5.98. The number of para-hydroxylation sites is 1. The summed E-state index contributed by atoms with van der Waals surface area (Å²) >= 11 is 0. The molecule has 4 heteroatoms. The van der Waals surface area contributed by atoms with Gasteiger partial charge in [0.15, 0.2) is 0 Å². The smallest absolute Gasteiger partial charge is 0.255 e. The predicted molar refractivity (Wildman–Crippen MR) is 70.6 cm³/mol. The van der Waals surface area contributed by atoms with Gasteiger partial charge in [0.25, 0.3) is 5.91 Å². The van der Waals surface area contributed by atoms with Crippen LogP contribution in [0, 0.1) is 12.3 Å². The van der Waals surface area contributed by atoms with Crippen molar-refractivity contribution in [2.75, 3.05) is 6.54 Å². The topological polar surface area (TPSA) is 69.6 Å². The molecule has 1 aromatic rings. The number of aliphatic hydroxyl groups excluding tert-OH is 1. The first-order chi connectivity index (χ1) is 8.23. The van der Waals surface area contributed by atoms with Crippen LogP contribution >= 0.6 is 0 Å². The SMILES string of the molecule is Cc1cccc(C(=O)NCC(O)C(C)(C)C)c1O. The van der Waals surface area contributed by atoms with Gasteiger partial charge in [-0.25, -0.2) is 0 Å². The van der Waals surface area contributed by atoms with Crippen LogP contribution in [0.15, 0.2) is 18.2 Å². The Bertz CT molecular complexity index is 435. The number of nitrogens with one attached hydrogen (secondary N) is 1. The van der Waals surface area contributed by atoms with E-state index in [-0.39, 0.29) is 29.2 Å². The Kier molecular flexibility index (Phi) is 4.35. The van der Waals surface area contributed by atoms with Crippen molar-refractivity contribution in [2.45, 2.75) is 33.8 Å². The van der Waals surface area contributed by atoms with Gasteiger partial charge in [0.2, 0.25) is 0 Å². The maximum Gasteiger partial charge on any atom is 0.255 e. The minimum Gasteiger partial charge on any atom is -0.507 e. The van der Waals surface area contributed by atoms with Crippen LogP contribution in [0.1, 0.15) is 36.7 Å². The van der Waals surface area contributed by atoms with Crippen molar-refractivity contribution in [3.63, 3.8) is 0 Å². The summed E-state index contributed by atoms with van der Waals surface area (Å²) < 4.78 is 0. The zero-order chi connectivity index (χ0) is 13.9. The monoisotopic (exact) mass is 251 g/mol. The third-order valence-corrected chi connectivity index (χ3v) is 2.94. The zero-order valence-corrected chi connectivity index (χ0v) is 11.3. The van der Waals surface area contributed by atoms with Crippen LogP contribution in [0.5, 0.6) is 5.75 Å². The quantitative estimate of drug-likeness (QED) is 0.767. The van der Waals surface area contributed by atoms with Crippen molar-refractivity contribution in [1.29, 1.82) is 0 Å². The van der Waals surface area contributed by atoms with Gasteiger partial charge >= 0.3 is 0 Å². The molecule has 1 atom stereocenters. The maximum absolute atomic E-state index is 11.9. The van der Waals surface area contributed by atoms with Crippen LogP contribution < -0.4 is 5.32 Å². The summed E-state index contributed by atoms with van der Waals surface area (Å²) in [5, 5.41) is 22.2. The Labute approximate surface area is 108 Å².